The second-order valence-corrected chi connectivity index (χ2v) is 5.99. The predicted octanol–water partition coefficient (Wildman–Crippen LogP) is 4.00. The van der Waals surface area contributed by atoms with Crippen molar-refractivity contribution in [1.82, 2.24) is 4.57 Å². The van der Waals surface area contributed by atoms with E-state index < -0.39 is 0 Å². The van der Waals surface area contributed by atoms with Crippen molar-refractivity contribution in [3.8, 4) is 0 Å². The van der Waals surface area contributed by atoms with Gasteiger partial charge in [0.1, 0.15) is 0 Å². The fourth-order valence-corrected chi connectivity index (χ4v) is 2.99. The maximum atomic E-state index is 12.1. The van der Waals surface area contributed by atoms with Crippen molar-refractivity contribution in [2.45, 2.75) is 59.4 Å². The lowest BCUT2D eigenvalue weighted by atomic mass is 9.76. The van der Waals surface area contributed by atoms with Crippen LogP contribution in [0.2, 0.25) is 0 Å². The fraction of sp³-hybridized carbons (Fsp3) is 0.667. The van der Waals surface area contributed by atoms with Crippen LogP contribution in [-0.4, -0.2) is 10.4 Å². The summed E-state index contributed by atoms with van der Waals surface area (Å²) in [6.07, 6.45) is 6.09. The smallest absolute Gasteiger partial charge is 0.165 e. The molecule has 0 radical (unpaired) electrons. The van der Waals surface area contributed by atoms with E-state index in [0.29, 0.717) is 18.2 Å². The number of hydrogen-bond acceptors (Lipinski definition) is 1. The molecule has 1 aliphatic carbocycles. The van der Waals surface area contributed by atoms with Gasteiger partial charge in [0, 0.05) is 29.9 Å². The Balaban J connectivity index is 2.43. The third-order valence-electron chi connectivity index (χ3n) is 3.95. The summed E-state index contributed by atoms with van der Waals surface area (Å²) >= 11 is 0. The molecule has 0 unspecified atom stereocenters. The van der Waals surface area contributed by atoms with Gasteiger partial charge in [-0.2, -0.15) is 0 Å². The van der Waals surface area contributed by atoms with Crippen LogP contribution in [-0.2, 0) is 6.42 Å². The lowest BCUT2D eigenvalue weighted by Crippen LogP contribution is -2.28. The summed E-state index contributed by atoms with van der Waals surface area (Å²) in [6.45, 7) is 8.82. The third kappa shape index (κ3) is 2.18. The molecule has 0 atom stereocenters. The van der Waals surface area contributed by atoms with Crippen molar-refractivity contribution in [2.75, 3.05) is 0 Å². The molecular weight excluding hydrogens is 210 g/mol. The SMILES string of the molecule is CCC(CC)n1ccc2c1CC(C)(C)CC2=O. The summed E-state index contributed by atoms with van der Waals surface area (Å²) in [6, 6.07) is 2.56. The Morgan fingerprint density at radius 1 is 1.29 bits per heavy atom. The number of nitrogens with zero attached hydrogens (tertiary/aromatic N) is 1. The molecular formula is C15H23NO. The van der Waals surface area contributed by atoms with Crippen LogP contribution in [0.15, 0.2) is 12.3 Å². The van der Waals surface area contributed by atoms with Gasteiger partial charge in [-0.25, -0.2) is 0 Å². The van der Waals surface area contributed by atoms with E-state index in [-0.39, 0.29) is 5.41 Å². The molecule has 0 fully saturated rings. The van der Waals surface area contributed by atoms with Gasteiger partial charge in [0.25, 0.3) is 0 Å². The number of hydrogen-bond donors (Lipinski definition) is 0. The molecule has 0 bridgehead atoms. The molecule has 0 aromatic carbocycles. The normalized spacial score (nSPS) is 18.5. The van der Waals surface area contributed by atoms with Gasteiger partial charge in [0.05, 0.1) is 0 Å². The third-order valence-corrected chi connectivity index (χ3v) is 3.95. The summed E-state index contributed by atoms with van der Waals surface area (Å²) in [5.41, 5.74) is 2.35. The molecule has 1 heterocycles. The van der Waals surface area contributed by atoms with Gasteiger partial charge >= 0.3 is 0 Å². The highest BCUT2D eigenvalue weighted by Gasteiger charge is 2.33. The maximum absolute atomic E-state index is 12.1. The van der Waals surface area contributed by atoms with Crippen molar-refractivity contribution in [3.63, 3.8) is 0 Å². The highest BCUT2D eigenvalue weighted by Crippen LogP contribution is 2.36. The first kappa shape index (κ1) is 12.4. The largest absolute Gasteiger partial charge is 0.348 e. The molecule has 2 nitrogen and oxygen atoms in total. The molecule has 1 aliphatic rings. The second-order valence-electron chi connectivity index (χ2n) is 5.99. The van der Waals surface area contributed by atoms with Gasteiger partial charge in [-0.3, -0.25) is 4.79 Å². The molecule has 17 heavy (non-hydrogen) atoms. The van der Waals surface area contributed by atoms with Crippen LogP contribution in [0, 0.1) is 5.41 Å². The van der Waals surface area contributed by atoms with Gasteiger partial charge in [-0.05, 0) is 30.7 Å². The first-order chi connectivity index (χ1) is 7.98. The van der Waals surface area contributed by atoms with E-state index in [1.54, 1.807) is 0 Å². The summed E-state index contributed by atoms with van der Waals surface area (Å²) < 4.78 is 2.34. The maximum Gasteiger partial charge on any atom is 0.165 e. The minimum absolute atomic E-state index is 0.117. The van der Waals surface area contributed by atoms with Gasteiger partial charge in [0.15, 0.2) is 5.78 Å². The molecule has 2 heteroatoms. The molecule has 0 saturated carbocycles. The zero-order valence-corrected chi connectivity index (χ0v) is 11.4. The topological polar surface area (TPSA) is 22.0 Å². The number of rotatable bonds is 3. The lowest BCUT2D eigenvalue weighted by Gasteiger charge is -2.31. The van der Waals surface area contributed by atoms with Gasteiger partial charge in [0.2, 0.25) is 0 Å². The fourth-order valence-electron chi connectivity index (χ4n) is 2.99. The Kier molecular flexibility index (Phi) is 3.15. The summed E-state index contributed by atoms with van der Waals surface area (Å²) in [7, 11) is 0. The Labute approximate surface area is 104 Å². The highest BCUT2D eigenvalue weighted by molar-refractivity contribution is 5.98. The molecule has 1 aromatic heterocycles. The van der Waals surface area contributed by atoms with Crippen molar-refractivity contribution in [3.05, 3.63) is 23.5 Å². The van der Waals surface area contributed by atoms with E-state index in [2.05, 4.69) is 38.5 Å². The van der Waals surface area contributed by atoms with E-state index >= 15 is 0 Å². The van der Waals surface area contributed by atoms with Crippen LogP contribution in [0.25, 0.3) is 0 Å². The molecule has 1 aromatic rings. The number of fused-ring (bicyclic) bond motifs is 1. The monoisotopic (exact) mass is 233 g/mol. The highest BCUT2D eigenvalue weighted by atomic mass is 16.1. The van der Waals surface area contributed by atoms with Crippen LogP contribution >= 0.6 is 0 Å². The minimum atomic E-state index is 0.117. The molecule has 0 saturated heterocycles. The molecule has 0 N–H and O–H groups in total. The lowest BCUT2D eigenvalue weighted by molar-refractivity contribution is 0.0909. The van der Waals surface area contributed by atoms with E-state index in [9.17, 15) is 4.79 Å². The molecule has 0 aliphatic heterocycles. The minimum Gasteiger partial charge on any atom is -0.348 e. The molecule has 0 amide bonds. The van der Waals surface area contributed by atoms with Crippen molar-refractivity contribution in [1.29, 1.82) is 0 Å². The number of Topliss-reactive ketones (excluding diaryl/α,β-unsaturated/α-hetero) is 1. The zero-order chi connectivity index (χ0) is 12.6. The Morgan fingerprint density at radius 3 is 2.53 bits per heavy atom. The van der Waals surface area contributed by atoms with Crippen LogP contribution in [0.4, 0.5) is 0 Å². The number of aromatic nitrogens is 1. The van der Waals surface area contributed by atoms with Crippen LogP contribution < -0.4 is 0 Å². The number of carbonyl (C=O) groups excluding carboxylic acids is 1. The predicted molar refractivity (Wildman–Crippen MR) is 70.5 cm³/mol. The van der Waals surface area contributed by atoms with Crippen molar-refractivity contribution in [2.24, 2.45) is 5.41 Å². The zero-order valence-electron chi connectivity index (χ0n) is 11.4. The molecule has 94 valence electrons. The number of carbonyl (C=O) groups is 1. The summed E-state index contributed by atoms with van der Waals surface area (Å²) in [5, 5.41) is 0. The van der Waals surface area contributed by atoms with Gasteiger partial charge < -0.3 is 4.57 Å². The van der Waals surface area contributed by atoms with E-state index in [0.717, 1.165) is 24.8 Å². The van der Waals surface area contributed by atoms with Crippen LogP contribution in [0.5, 0.6) is 0 Å². The van der Waals surface area contributed by atoms with Crippen LogP contribution in [0.3, 0.4) is 0 Å². The molecule has 0 spiro atoms. The molecule has 2 rings (SSSR count). The Bertz CT molecular complexity index is 424. The van der Waals surface area contributed by atoms with Crippen molar-refractivity contribution >= 4 is 5.78 Å². The Hall–Kier alpha value is -1.05. The van der Waals surface area contributed by atoms with Gasteiger partial charge in [-0.15, -0.1) is 0 Å². The second kappa shape index (κ2) is 4.32. The standard InChI is InChI=1S/C15H23NO/c1-5-11(6-2)16-8-7-12-13(16)9-15(3,4)10-14(12)17/h7-8,11H,5-6,9-10H2,1-4H3. The first-order valence-electron chi connectivity index (χ1n) is 6.71. The quantitative estimate of drug-likeness (QED) is 0.773. The summed E-state index contributed by atoms with van der Waals surface area (Å²) in [4.78, 5) is 12.1. The number of ketones is 1. The van der Waals surface area contributed by atoms with E-state index in [1.807, 2.05) is 6.07 Å². The van der Waals surface area contributed by atoms with Crippen LogP contribution in [0.1, 0.15) is 69.1 Å². The average Bonchev–Trinajstić information content (AvgIpc) is 2.62. The van der Waals surface area contributed by atoms with E-state index in [4.69, 9.17) is 0 Å². The first-order valence-corrected chi connectivity index (χ1v) is 6.71. The van der Waals surface area contributed by atoms with Crippen molar-refractivity contribution < 1.29 is 4.79 Å². The average molecular weight is 233 g/mol. The summed E-state index contributed by atoms with van der Waals surface area (Å²) in [5.74, 6) is 0.320. The van der Waals surface area contributed by atoms with E-state index in [1.165, 1.54) is 5.69 Å². The Morgan fingerprint density at radius 2 is 1.94 bits per heavy atom. The van der Waals surface area contributed by atoms with Gasteiger partial charge in [-0.1, -0.05) is 27.7 Å².